The first-order chi connectivity index (χ1) is 9.63. The second-order valence-electron chi connectivity index (χ2n) is 5.60. The summed E-state index contributed by atoms with van der Waals surface area (Å²) in [4.78, 5) is 13.6. The number of likely N-dealkylation sites (tertiary alicyclic amines) is 1. The van der Waals surface area contributed by atoms with Crippen LogP contribution in [0.2, 0.25) is 0 Å². The number of nitrogens with zero attached hydrogens (tertiary/aromatic N) is 1. The Bertz CT molecular complexity index is 525. The number of carbonyl (C=O) groups is 1. The summed E-state index contributed by atoms with van der Waals surface area (Å²) in [6, 6.07) is 4.29. The Labute approximate surface area is 127 Å². The summed E-state index contributed by atoms with van der Waals surface area (Å²) in [5.41, 5.74) is 7.91. The van der Waals surface area contributed by atoms with Crippen LogP contribution in [-0.2, 0) is 17.8 Å². The molecule has 4 nitrogen and oxygen atoms in total. The van der Waals surface area contributed by atoms with Gasteiger partial charge in [0, 0.05) is 28.9 Å². The predicted octanol–water partition coefficient (Wildman–Crippen LogP) is 2.08. The van der Waals surface area contributed by atoms with Gasteiger partial charge in [-0.05, 0) is 43.6 Å². The first-order valence-corrected chi connectivity index (χ1v) is 7.88. The summed E-state index contributed by atoms with van der Waals surface area (Å²) in [6.45, 7) is 3.51. The lowest BCUT2D eigenvalue weighted by Crippen LogP contribution is -2.38. The van der Waals surface area contributed by atoms with Crippen LogP contribution in [0.5, 0.6) is 5.75 Å². The lowest BCUT2D eigenvalue weighted by atomic mass is 9.96. The topological polar surface area (TPSA) is 55.6 Å². The summed E-state index contributed by atoms with van der Waals surface area (Å²) in [5, 5.41) is 0. The fraction of sp³-hybridized carbons (Fsp3) is 0.533. The van der Waals surface area contributed by atoms with Crippen LogP contribution in [-0.4, -0.2) is 30.5 Å². The Kier molecular flexibility index (Phi) is 3.98. The zero-order chi connectivity index (χ0) is 14.1. The molecule has 0 saturated carbocycles. The maximum Gasteiger partial charge on any atom is 0.220 e. The number of hydrogen-bond donors (Lipinski definition) is 1. The Morgan fingerprint density at radius 1 is 1.40 bits per heavy atom. The molecule has 5 heteroatoms. The summed E-state index contributed by atoms with van der Waals surface area (Å²) in [7, 11) is 0. The van der Waals surface area contributed by atoms with Crippen molar-refractivity contribution in [2.24, 2.45) is 11.7 Å². The number of ether oxygens (including phenoxy) is 1. The quantitative estimate of drug-likeness (QED) is 0.917. The Morgan fingerprint density at radius 3 is 2.85 bits per heavy atom. The van der Waals surface area contributed by atoms with Crippen molar-refractivity contribution >= 4 is 21.8 Å². The fourth-order valence-electron chi connectivity index (χ4n) is 3.08. The third-order valence-electron chi connectivity index (χ3n) is 4.21. The highest BCUT2D eigenvalue weighted by molar-refractivity contribution is 9.10. The molecule has 2 aliphatic rings. The molecular formula is C15H19BrN2O2. The number of fused-ring (bicyclic) bond motifs is 1. The van der Waals surface area contributed by atoms with E-state index >= 15 is 0 Å². The summed E-state index contributed by atoms with van der Waals surface area (Å²) in [5.74, 6) is 0.956. The van der Waals surface area contributed by atoms with E-state index in [0.29, 0.717) is 0 Å². The van der Waals surface area contributed by atoms with Crippen LogP contribution in [0.4, 0.5) is 0 Å². The number of halogens is 1. The summed E-state index contributed by atoms with van der Waals surface area (Å²) in [6.07, 6.45) is 2.73. The maximum absolute atomic E-state index is 11.2. The minimum absolute atomic E-state index is 0.0516. The molecule has 20 heavy (non-hydrogen) atoms. The zero-order valence-corrected chi connectivity index (χ0v) is 13.0. The number of hydrogen-bond acceptors (Lipinski definition) is 3. The summed E-state index contributed by atoms with van der Waals surface area (Å²) < 4.78 is 6.88. The van der Waals surface area contributed by atoms with E-state index < -0.39 is 0 Å². The molecule has 1 aromatic rings. The van der Waals surface area contributed by atoms with Gasteiger partial charge in [0.15, 0.2) is 0 Å². The second kappa shape index (κ2) is 5.74. The number of rotatable bonds is 3. The molecule has 0 atom stereocenters. The molecule has 1 fully saturated rings. The van der Waals surface area contributed by atoms with Crippen molar-refractivity contribution in [1.82, 2.24) is 4.90 Å². The first-order valence-electron chi connectivity index (χ1n) is 7.09. The molecule has 2 N–H and O–H groups in total. The molecule has 0 bridgehead atoms. The van der Waals surface area contributed by atoms with E-state index in [-0.39, 0.29) is 11.8 Å². The molecule has 1 aromatic carbocycles. The molecular weight excluding hydrogens is 320 g/mol. The van der Waals surface area contributed by atoms with Gasteiger partial charge in [-0.3, -0.25) is 9.69 Å². The predicted molar refractivity (Wildman–Crippen MR) is 80.5 cm³/mol. The van der Waals surface area contributed by atoms with Gasteiger partial charge in [-0.25, -0.2) is 0 Å². The third-order valence-corrected chi connectivity index (χ3v) is 4.67. The van der Waals surface area contributed by atoms with E-state index in [2.05, 4.69) is 33.0 Å². The van der Waals surface area contributed by atoms with Crippen LogP contribution >= 0.6 is 15.9 Å². The van der Waals surface area contributed by atoms with Gasteiger partial charge >= 0.3 is 0 Å². The van der Waals surface area contributed by atoms with Gasteiger partial charge in [-0.15, -0.1) is 0 Å². The molecule has 0 spiro atoms. The highest BCUT2D eigenvalue weighted by atomic mass is 79.9. The maximum atomic E-state index is 11.2. The molecule has 108 valence electrons. The lowest BCUT2D eigenvalue weighted by molar-refractivity contribution is -0.123. The van der Waals surface area contributed by atoms with Gasteiger partial charge in [-0.1, -0.05) is 15.9 Å². The van der Waals surface area contributed by atoms with Gasteiger partial charge in [0.2, 0.25) is 5.91 Å². The number of piperidine rings is 1. The van der Waals surface area contributed by atoms with Crippen molar-refractivity contribution in [2.45, 2.75) is 25.8 Å². The normalized spacial score (nSPS) is 19.6. The number of nitrogens with two attached hydrogens (primary N) is 1. The smallest absolute Gasteiger partial charge is 0.220 e. The Balaban J connectivity index is 1.69. The highest BCUT2D eigenvalue weighted by Gasteiger charge is 2.25. The van der Waals surface area contributed by atoms with Crippen LogP contribution in [0.15, 0.2) is 16.6 Å². The SMILES string of the molecule is NC(=O)C1CCN(Cc2cc(Br)cc3c2OCC3)CC1. The lowest BCUT2D eigenvalue weighted by Gasteiger charge is -2.30. The average molecular weight is 339 g/mol. The van der Waals surface area contributed by atoms with Gasteiger partial charge in [-0.2, -0.15) is 0 Å². The zero-order valence-electron chi connectivity index (χ0n) is 11.4. The van der Waals surface area contributed by atoms with Crippen LogP contribution in [0.25, 0.3) is 0 Å². The second-order valence-corrected chi connectivity index (χ2v) is 6.52. The van der Waals surface area contributed by atoms with Crippen molar-refractivity contribution in [3.63, 3.8) is 0 Å². The third kappa shape index (κ3) is 2.83. The van der Waals surface area contributed by atoms with Crippen LogP contribution in [0.1, 0.15) is 24.0 Å². The number of benzene rings is 1. The number of primary amides is 1. The van der Waals surface area contributed by atoms with E-state index in [0.717, 1.165) is 55.7 Å². The molecule has 2 aliphatic heterocycles. The highest BCUT2D eigenvalue weighted by Crippen LogP contribution is 2.34. The molecule has 1 saturated heterocycles. The van der Waals surface area contributed by atoms with Crippen molar-refractivity contribution in [3.05, 3.63) is 27.7 Å². The Hall–Kier alpha value is -1.07. The minimum atomic E-state index is -0.156. The van der Waals surface area contributed by atoms with Gasteiger partial charge in [0.25, 0.3) is 0 Å². The van der Waals surface area contributed by atoms with Gasteiger partial charge in [0.05, 0.1) is 6.61 Å². The van der Waals surface area contributed by atoms with E-state index in [4.69, 9.17) is 10.5 Å². The Morgan fingerprint density at radius 2 is 2.15 bits per heavy atom. The summed E-state index contributed by atoms with van der Waals surface area (Å²) >= 11 is 3.57. The van der Waals surface area contributed by atoms with E-state index in [1.807, 2.05) is 0 Å². The van der Waals surface area contributed by atoms with Crippen LogP contribution in [0.3, 0.4) is 0 Å². The number of amides is 1. The van der Waals surface area contributed by atoms with Crippen molar-refractivity contribution < 1.29 is 9.53 Å². The van der Waals surface area contributed by atoms with E-state index in [9.17, 15) is 4.79 Å². The number of carbonyl (C=O) groups excluding carboxylic acids is 1. The fourth-order valence-corrected chi connectivity index (χ4v) is 3.63. The minimum Gasteiger partial charge on any atom is -0.493 e. The molecule has 0 radical (unpaired) electrons. The molecule has 0 aliphatic carbocycles. The van der Waals surface area contributed by atoms with Crippen LogP contribution in [0, 0.1) is 5.92 Å². The van der Waals surface area contributed by atoms with Crippen LogP contribution < -0.4 is 10.5 Å². The largest absolute Gasteiger partial charge is 0.493 e. The monoisotopic (exact) mass is 338 g/mol. The molecule has 0 unspecified atom stereocenters. The molecule has 0 aromatic heterocycles. The molecule has 3 rings (SSSR count). The van der Waals surface area contributed by atoms with Crippen molar-refractivity contribution in [3.8, 4) is 5.75 Å². The van der Waals surface area contributed by atoms with E-state index in [1.54, 1.807) is 0 Å². The average Bonchev–Trinajstić information content (AvgIpc) is 2.87. The van der Waals surface area contributed by atoms with Crippen molar-refractivity contribution in [2.75, 3.05) is 19.7 Å². The van der Waals surface area contributed by atoms with E-state index in [1.165, 1.54) is 11.1 Å². The first kappa shape index (κ1) is 13.9. The van der Waals surface area contributed by atoms with Gasteiger partial charge in [0.1, 0.15) is 5.75 Å². The molecule has 1 amide bonds. The van der Waals surface area contributed by atoms with Crippen molar-refractivity contribution in [1.29, 1.82) is 0 Å². The van der Waals surface area contributed by atoms with Gasteiger partial charge < -0.3 is 10.5 Å². The standard InChI is InChI=1S/C15H19BrN2O2/c16-13-7-11-3-6-20-14(11)12(8-13)9-18-4-1-10(2-5-18)15(17)19/h7-8,10H,1-6,9H2,(H2,17,19). The molecule has 2 heterocycles.